The number of hydrogen-bond donors (Lipinski definition) is 2. The SMILES string of the molecule is C=C(C)/C(NN)=C(C)\C=C(\C)CC. The lowest BCUT2D eigenvalue weighted by atomic mass is 10.1. The topological polar surface area (TPSA) is 38.0 Å². The second kappa shape index (κ2) is 5.60. The van der Waals surface area contributed by atoms with Gasteiger partial charge in [-0.05, 0) is 38.3 Å². The maximum absolute atomic E-state index is 5.39. The molecule has 0 spiro atoms. The highest BCUT2D eigenvalue weighted by Gasteiger charge is 1.99. The Balaban J connectivity index is 4.87. The summed E-state index contributed by atoms with van der Waals surface area (Å²) in [4.78, 5) is 0. The molecule has 0 aromatic carbocycles. The van der Waals surface area contributed by atoms with Gasteiger partial charge in [-0.15, -0.1) is 0 Å². The minimum absolute atomic E-state index is 0.924. The average Bonchev–Trinajstić information content (AvgIpc) is 2.04. The first-order chi connectivity index (χ1) is 6.02. The second-order valence-electron chi connectivity index (χ2n) is 3.33. The number of nitrogens with two attached hydrogens (primary N) is 1. The first-order valence-corrected chi connectivity index (χ1v) is 4.53. The van der Waals surface area contributed by atoms with Crippen molar-refractivity contribution in [3.63, 3.8) is 0 Å². The van der Waals surface area contributed by atoms with Gasteiger partial charge in [0.1, 0.15) is 0 Å². The molecule has 0 radical (unpaired) electrons. The van der Waals surface area contributed by atoms with Gasteiger partial charge in [-0.3, -0.25) is 5.84 Å². The van der Waals surface area contributed by atoms with Crippen LogP contribution in [0.1, 0.15) is 34.1 Å². The predicted octanol–water partition coefficient (Wildman–Crippen LogP) is 2.66. The summed E-state index contributed by atoms with van der Waals surface area (Å²) in [6.45, 7) is 12.1. The van der Waals surface area contributed by atoms with Crippen LogP contribution in [0.25, 0.3) is 0 Å². The van der Waals surface area contributed by atoms with Gasteiger partial charge in [0.25, 0.3) is 0 Å². The fourth-order valence-corrected chi connectivity index (χ4v) is 1.12. The average molecular weight is 180 g/mol. The maximum atomic E-state index is 5.39. The van der Waals surface area contributed by atoms with Gasteiger partial charge in [-0.2, -0.15) is 0 Å². The Morgan fingerprint density at radius 2 is 1.92 bits per heavy atom. The highest BCUT2D eigenvalue weighted by molar-refractivity contribution is 5.35. The van der Waals surface area contributed by atoms with E-state index >= 15 is 0 Å². The number of allylic oxidation sites excluding steroid dienone is 4. The van der Waals surface area contributed by atoms with E-state index in [1.807, 2.05) is 13.8 Å². The summed E-state index contributed by atoms with van der Waals surface area (Å²) < 4.78 is 0. The van der Waals surface area contributed by atoms with E-state index in [1.54, 1.807) is 0 Å². The van der Waals surface area contributed by atoms with E-state index in [1.165, 1.54) is 5.57 Å². The molecule has 0 atom stereocenters. The summed E-state index contributed by atoms with van der Waals surface area (Å²) in [6, 6.07) is 0. The number of hydrazine groups is 1. The van der Waals surface area contributed by atoms with Crippen molar-refractivity contribution in [3.8, 4) is 0 Å². The zero-order chi connectivity index (χ0) is 10.4. The zero-order valence-corrected chi connectivity index (χ0v) is 9.07. The third kappa shape index (κ3) is 3.95. The summed E-state index contributed by atoms with van der Waals surface area (Å²) in [6.07, 6.45) is 3.19. The van der Waals surface area contributed by atoms with E-state index in [4.69, 9.17) is 5.84 Å². The molecule has 0 saturated carbocycles. The molecule has 0 aliphatic heterocycles. The molecular weight excluding hydrogens is 160 g/mol. The quantitative estimate of drug-likeness (QED) is 0.396. The Bertz CT molecular complexity index is 247. The van der Waals surface area contributed by atoms with Crippen LogP contribution in [0.4, 0.5) is 0 Å². The van der Waals surface area contributed by atoms with E-state index < -0.39 is 0 Å². The molecule has 0 aromatic rings. The van der Waals surface area contributed by atoms with Gasteiger partial charge in [0, 0.05) is 0 Å². The molecular formula is C11H20N2. The first-order valence-electron chi connectivity index (χ1n) is 4.53. The lowest BCUT2D eigenvalue weighted by Gasteiger charge is -2.09. The molecule has 0 saturated heterocycles. The van der Waals surface area contributed by atoms with Crippen LogP contribution < -0.4 is 11.3 Å². The smallest absolute Gasteiger partial charge is 0.0537 e. The van der Waals surface area contributed by atoms with Crippen molar-refractivity contribution in [1.29, 1.82) is 0 Å². The van der Waals surface area contributed by atoms with E-state index in [2.05, 4.69) is 31.9 Å². The summed E-state index contributed by atoms with van der Waals surface area (Å²) in [5, 5.41) is 0. The summed E-state index contributed by atoms with van der Waals surface area (Å²) in [5.74, 6) is 5.39. The van der Waals surface area contributed by atoms with E-state index in [9.17, 15) is 0 Å². The lowest BCUT2D eigenvalue weighted by Crippen LogP contribution is -2.22. The van der Waals surface area contributed by atoms with Crippen molar-refractivity contribution in [1.82, 2.24) is 5.43 Å². The molecule has 3 N–H and O–H groups in total. The maximum Gasteiger partial charge on any atom is 0.0537 e. The first kappa shape index (κ1) is 12.0. The Morgan fingerprint density at radius 3 is 2.23 bits per heavy atom. The minimum atomic E-state index is 0.924. The van der Waals surface area contributed by atoms with Gasteiger partial charge < -0.3 is 5.43 Å². The van der Waals surface area contributed by atoms with Crippen LogP contribution in [0.5, 0.6) is 0 Å². The highest BCUT2D eigenvalue weighted by Crippen LogP contribution is 2.12. The normalized spacial score (nSPS) is 13.8. The number of hydrogen-bond acceptors (Lipinski definition) is 2. The largest absolute Gasteiger partial charge is 0.324 e. The number of rotatable bonds is 4. The van der Waals surface area contributed by atoms with E-state index in [-0.39, 0.29) is 0 Å². The van der Waals surface area contributed by atoms with Crippen molar-refractivity contribution in [2.24, 2.45) is 5.84 Å². The Hall–Kier alpha value is -1.02. The van der Waals surface area contributed by atoms with Crippen LogP contribution in [-0.2, 0) is 0 Å². The Labute approximate surface area is 81.2 Å². The summed E-state index contributed by atoms with van der Waals surface area (Å²) >= 11 is 0. The number of nitrogens with one attached hydrogen (secondary N) is 1. The van der Waals surface area contributed by atoms with E-state index in [0.717, 1.165) is 23.3 Å². The molecule has 0 heterocycles. The van der Waals surface area contributed by atoms with Crippen molar-refractivity contribution in [2.45, 2.75) is 34.1 Å². The van der Waals surface area contributed by atoms with Gasteiger partial charge in [0.15, 0.2) is 0 Å². The molecule has 0 aliphatic rings. The van der Waals surface area contributed by atoms with Crippen LogP contribution in [0.2, 0.25) is 0 Å². The minimum Gasteiger partial charge on any atom is -0.324 e. The van der Waals surface area contributed by atoms with Crippen LogP contribution in [0.15, 0.2) is 35.1 Å². The van der Waals surface area contributed by atoms with Crippen LogP contribution in [0, 0.1) is 0 Å². The molecule has 74 valence electrons. The molecule has 0 fully saturated rings. The molecule has 0 amide bonds. The van der Waals surface area contributed by atoms with Gasteiger partial charge in [-0.1, -0.05) is 25.2 Å². The van der Waals surface area contributed by atoms with Crippen LogP contribution in [0.3, 0.4) is 0 Å². The summed E-state index contributed by atoms with van der Waals surface area (Å²) in [7, 11) is 0. The second-order valence-corrected chi connectivity index (χ2v) is 3.33. The molecule has 13 heavy (non-hydrogen) atoms. The Kier molecular flexibility index (Phi) is 5.16. The molecule has 0 aliphatic carbocycles. The van der Waals surface area contributed by atoms with Crippen LogP contribution in [-0.4, -0.2) is 0 Å². The third-order valence-electron chi connectivity index (χ3n) is 1.99. The zero-order valence-electron chi connectivity index (χ0n) is 9.07. The molecule has 0 bridgehead atoms. The molecule has 2 nitrogen and oxygen atoms in total. The summed E-state index contributed by atoms with van der Waals surface area (Å²) in [5.41, 5.74) is 7.02. The predicted molar refractivity (Wildman–Crippen MR) is 58.9 cm³/mol. The highest BCUT2D eigenvalue weighted by atomic mass is 15.2. The van der Waals surface area contributed by atoms with Crippen molar-refractivity contribution >= 4 is 0 Å². The van der Waals surface area contributed by atoms with Gasteiger partial charge in [0.05, 0.1) is 5.70 Å². The fourth-order valence-electron chi connectivity index (χ4n) is 1.12. The van der Waals surface area contributed by atoms with Gasteiger partial charge >= 0.3 is 0 Å². The van der Waals surface area contributed by atoms with Gasteiger partial charge in [0.2, 0.25) is 0 Å². The van der Waals surface area contributed by atoms with Crippen molar-refractivity contribution in [2.75, 3.05) is 0 Å². The Morgan fingerprint density at radius 1 is 1.38 bits per heavy atom. The molecule has 2 heteroatoms. The molecule has 0 rings (SSSR count). The van der Waals surface area contributed by atoms with Crippen molar-refractivity contribution in [3.05, 3.63) is 35.1 Å². The van der Waals surface area contributed by atoms with E-state index in [0.29, 0.717) is 0 Å². The van der Waals surface area contributed by atoms with Gasteiger partial charge in [-0.25, -0.2) is 0 Å². The van der Waals surface area contributed by atoms with Crippen LogP contribution >= 0.6 is 0 Å². The fraction of sp³-hybridized carbons (Fsp3) is 0.455. The molecule has 0 aromatic heterocycles. The third-order valence-corrected chi connectivity index (χ3v) is 1.99. The lowest BCUT2D eigenvalue weighted by molar-refractivity contribution is 0.882. The van der Waals surface area contributed by atoms with Crippen molar-refractivity contribution < 1.29 is 0 Å². The standard InChI is InChI=1S/C11H20N2/c1-6-9(4)7-10(5)11(13-12)8(2)3/h7,13H,2,6,12H2,1,3-5H3/b9-7-,11-10+. The molecule has 0 unspecified atom stereocenters. The monoisotopic (exact) mass is 180 g/mol.